The number of halogens is 3. The zero-order valence-electron chi connectivity index (χ0n) is 12.8. The van der Waals surface area contributed by atoms with Gasteiger partial charge >= 0.3 is 17.7 Å². The maximum atomic E-state index is 11.9. The number of rotatable bonds is 5. The lowest BCUT2D eigenvalue weighted by Gasteiger charge is -2.11. The minimum Gasteiger partial charge on any atom is -0.448 e. The van der Waals surface area contributed by atoms with Crippen molar-refractivity contribution in [2.24, 2.45) is 0 Å². The summed E-state index contributed by atoms with van der Waals surface area (Å²) in [6.45, 7) is 2.95. The number of nitrogens with one attached hydrogen (secondary N) is 3. The Morgan fingerprint density at radius 3 is 2.46 bits per heavy atom. The number of H-pyrrole nitrogens is 1. The summed E-state index contributed by atoms with van der Waals surface area (Å²) in [7, 11) is 0. The van der Waals surface area contributed by atoms with Gasteiger partial charge in [0.2, 0.25) is 0 Å². The number of carbonyl (C=O) groups is 3. The van der Waals surface area contributed by atoms with E-state index in [1.807, 2.05) is 12.2 Å². The molecule has 1 aromatic heterocycles. The van der Waals surface area contributed by atoms with Crippen molar-refractivity contribution in [3.8, 4) is 0 Å². The summed E-state index contributed by atoms with van der Waals surface area (Å²) in [4.78, 5) is 37.4. The van der Waals surface area contributed by atoms with Gasteiger partial charge < -0.3 is 15.8 Å². The van der Waals surface area contributed by atoms with E-state index in [1.165, 1.54) is 0 Å². The van der Waals surface area contributed by atoms with E-state index in [9.17, 15) is 14.4 Å². The summed E-state index contributed by atoms with van der Waals surface area (Å²) in [6, 6.07) is -0.790. The molecule has 8 nitrogen and oxygen atoms in total. The highest BCUT2D eigenvalue weighted by Gasteiger charge is 2.28. The monoisotopic (exact) mass is 397 g/mol. The first-order valence-electron chi connectivity index (χ1n) is 6.80. The summed E-state index contributed by atoms with van der Waals surface area (Å²) in [5, 5.41) is 4.20. The third-order valence-corrected chi connectivity index (χ3v) is 4.07. The topological polar surface area (TPSA) is 125 Å². The number of hydrogen-bond acceptors (Lipinski definition) is 5. The number of esters is 1. The Labute approximate surface area is 153 Å². The Morgan fingerprint density at radius 1 is 1.25 bits per heavy atom. The van der Waals surface area contributed by atoms with E-state index < -0.39 is 24.5 Å². The SMILES string of the molecule is CC[C@H](C)NC(=O)NC(=O)COC(=O)c1[nH+]c(Cl)c(Cl)c(N)c1Cl. The third-order valence-electron chi connectivity index (χ3n) is 2.90. The van der Waals surface area contributed by atoms with Crippen LogP contribution in [0.2, 0.25) is 15.2 Å². The molecule has 0 aromatic carbocycles. The lowest BCUT2D eigenvalue weighted by molar-refractivity contribution is -0.380. The summed E-state index contributed by atoms with van der Waals surface area (Å²) < 4.78 is 4.75. The van der Waals surface area contributed by atoms with Crippen molar-refractivity contribution < 1.29 is 24.1 Å². The van der Waals surface area contributed by atoms with Crippen molar-refractivity contribution in [1.29, 1.82) is 0 Å². The molecular formula is C13H16Cl3N4O4+. The van der Waals surface area contributed by atoms with Crippen LogP contribution in [0.25, 0.3) is 0 Å². The third kappa shape index (κ3) is 5.40. The molecular weight excluding hydrogens is 383 g/mol. The molecule has 1 aromatic rings. The van der Waals surface area contributed by atoms with Crippen molar-refractivity contribution >= 4 is 58.4 Å². The smallest absolute Gasteiger partial charge is 0.405 e. The number of carbonyl (C=O) groups excluding carboxylic acids is 3. The number of nitrogens with two attached hydrogens (primary N) is 1. The highest BCUT2D eigenvalue weighted by atomic mass is 35.5. The molecule has 1 rings (SSSR count). The Kier molecular flexibility index (Phi) is 7.53. The van der Waals surface area contributed by atoms with Gasteiger partial charge in [0.25, 0.3) is 11.1 Å². The summed E-state index contributed by atoms with van der Waals surface area (Å²) in [6.07, 6.45) is 0.698. The molecule has 132 valence electrons. The van der Waals surface area contributed by atoms with Crippen LogP contribution in [0.5, 0.6) is 0 Å². The number of aromatic amines is 1. The first-order valence-corrected chi connectivity index (χ1v) is 7.93. The highest BCUT2D eigenvalue weighted by molar-refractivity contribution is 6.45. The fourth-order valence-electron chi connectivity index (χ4n) is 1.44. The van der Waals surface area contributed by atoms with E-state index in [4.69, 9.17) is 45.3 Å². The zero-order valence-corrected chi connectivity index (χ0v) is 15.1. The van der Waals surface area contributed by atoms with Crippen LogP contribution in [-0.2, 0) is 9.53 Å². The average Bonchev–Trinajstić information content (AvgIpc) is 2.53. The van der Waals surface area contributed by atoms with E-state index in [2.05, 4.69) is 10.3 Å². The van der Waals surface area contributed by atoms with Gasteiger partial charge in [-0.15, -0.1) is 0 Å². The van der Waals surface area contributed by atoms with Gasteiger partial charge in [-0.3, -0.25) is 10.1 Å². The lowest BCUT2D eigenvalue weighted by atomic mass is 10.3. The fourth-order valence-corrected chi connectivity index (χ4v) is 2.04. The predicted octanol–water partition coefficient (Wildman–Crippen LogP) is 1.82. The number of urea groups is 1. The number of hydrogen-bond donors (Lipinski definition) is 3. The molecule has 11 heteroatoms. The molecule has 24 heavy (non-hydrogen) atoms. The maximum Gasteiger partial charge on any atom is 0.405 e. The van der Waals surface area contributed by atoms with Crippen LogP contribution in [-0.4, -0.2) is 30.6 Å². The van der Waals surface area contributed by atoms with Gasteiger partial charge in [-0.05, 0) is 24.9 Å². The minimum absolute atomic E-state index is 0.0438. The predicted molar refractivity (Wildman–Crippen MR) is 89.2 cm³/mol. The number of amides is 3. The maximum absolute atomic E-state index is 11.9. The van der Waals surface area contributed by atoms with Crippen LogP contribution in [0.4, 0.5) is 10.5 Å². The summed E-state index contributed by atoms with van der Waals surface area (Å²) in [5.41, 5.74) is 5.23. The van der Waals surface area contributed by atoms with E-state index in [1.54, 1.807) is 6.92 Å². The van der Waals surface area contributed by atoms with E-state index in [0.717, 1.165) is 0 Å². The van der Waals surface area contributed by atoms with Gasteiger partial charge in [-0.2, -0.15) is 4.98 Å². The molecule has 0 bridgehead atoms. The average molecular weight is 399 g/mol. The number of pyridine rings is 1. The quantitative estimate of drug-likeness (QED) is 0.515. The molecule has 3 amide bonds. The summed E-state index contributed by atoms with van der Waals surface area (Å²) >= 11 is 17.4. The van der Waals surface area contributed by atoms with Crippen LogP contribution in [0.15, 0.2) is 0 Å². The van der Waals surface area contributed by atoms with Crippen LogP contribution >= 0.6 is 34.8 Å². The van der Waals surface area contributed by atoms with Gasteiger partial charge in [0.15, 0.2) is 6.61 Å². The van der Waals surface area contributed by atoms with Crippen molar-refractivity contribution in [3.05, 3.63) is 20.9 Å². The van der Waals surface area contributed by atoms with Crippen LogP contribution in [0.3, 0.4) is 0 Å². The highest BCUT2D eigenvalue weighted by Crippen LogP contribution is 2.32. The van der Waals surface area contributed by atoms with Gasteiger partial charge in [0.1, 0.15) is 10.0 Å². The molecule has 0 aliphatic carbocycles. The molecule has 5 N–H and O–H groups in total. The Hall–Kier alpha value is -1.77. The van der Waals surface area contributed by atoms with Gasteiger partial charge in [0, 0.05) is 6.04 Å². The van der Waals surface area contributed by atoms with Gasteiger partial charge in [0.05, 0.1) is 5.69 Å². The molecule has 1 atom stereocenters. The number of imide groups is 1. The number of anilines is 1. The van der Waals surface area contributed by atoms with Gasteiger partial charge in [-0.25, -0.2) is 9.59 Å². The van der Waals surface area contributed by atoms with Crippen molar-refractivity contribution in [1.82, 2.24) is 10.6 Å². The second-order valence-corrected chi connectivity index (χ2v) is 5.90. The number of aromatic nitrogens is 1. The summed E-state index contributed by atoms with van der Waals surface area (Å²) in [5.74, 6) is -1.80. The normalized spacial score (nSPS) is 11.5. The number of ether oxygens (including phenoxy) is 1. The molecule has 0 aliphatic heterocycles. The Morgan fingerprint density at radius 2 is 1.88 bits per heavy atom. The van der Waals surface area contributed by atoms with Crippen molar-refractivity contribution in [2.45, 2.75) is 26.3 Å². The Balaban J connectivity index is 2.64. The molecule has 0 radical (unpaired) electrons. The minimum atomic E-state index is -0.984. The van der Waals surface area contributed by atoms with E-state index >= 15 is 0 Å². The van der Waals surface area contributed by atoms with Crippen LogP contribution in [0, 0.1) is 0 Å². The van der Waals surface area contributed by atoms with Crippen LogP contribution < -0.4 is 21.4 Å². The zero-order chi connectivity index (χ0) is 18.4. The van der Waals surface area contributed by atoms with Crippen LogP contribution in [0.1, 0.15) is 30.8 Å². The largest absolute Gasteiger partial charge is 0.448 e. The van der Waals surface area contributed by atoms with Crippen molar-refractivity contribution in [2.75, 3.05) is 12.3 Å². The molecule has 0 unspecified atom stereocenters. The second kappa shape index (κ2) is 8.91. The standard InChI is InChI=1S/C13H15Cl3N4O4/c1-3-5(2)18-13(23)19-6(21)4-24-12(22)10-7(14)9(17)8(15)11(16)20-10/h5H,3-4H2,1-2H3,(H2,17,20)(H2,18,19,21,23)/p+1/t5-/m0/s1. The van der Waals surface area contributed by atoms with E-state index in [-0.39, 0.29) is 32.6 Å². The molecule has 0 saturated heterocycles. The first-order chi connectivity index (χ1) is 11.2. The first kappa shape index (κ1) is 20.3. The number of nitrogen functional groups attached to an aromatic ring is 1. The lowest BCUT2D eigenvalue weighted by Crippen LogP contribution is -2.44. The fraction of sp³-hybridized carbons (Fsp3) is 0.385. The van der Waals surface area contributed by atoms with E-state index in [0.29, 0.717) is 6.42 Å². The molecule has 0 aliphatic rings. The molecule has 0 spiro atoms. The molecule has 0 saturated carbocycles. The van der Waals surface area contributed by atoms with Gasteiger partial charge in [-0.1, -0.05) is 30.1 Å². The Bertz CT molecular complexity index is 669. The molecule has 0 fully saturated rings. The second-order valence-electron chi connectivity index (χ2n) is 4.76. The van der Waals surface area contributed by atoms with Crippen molar-refractivity contribution in [3.63, 3.8) is 0 Å². The molecule has 1 heterocycles.